The van der Waals surface area contributed by atoms with E-state index in [0.29, 0.717) is 34.7 Å². The summed E-state index contributed by atoms with van der Waals surface area (Å²) in [6.07, 6.45) is 15.3. The zero-order valence-corrected chi connectivity index (χ0v) is 54.8. The Morgan fingerprint density at radius 3 is 1.35 bits per heavy atom. The number of aromatic nitrogens is 2. The lowest BCUT2D eigenvalue weighted by atomic mass is 9.84. The van der Waals surface area contributed by atoms with Gasteiger partial charge in [0.2, 0.25) is 0 Å². The minimum Gasteiger partial charge on any atom is -0.494 e. The van der Waals surface area contributed by atoms with Crippen LogP contribution in [0.5, 0.6) is 11.5 Å². The molecule has 22 nitrogen and oxygen atoms in total. The molecule has 22 heteroatoms. The number of carbonyl (C=O) groups is 2. The van der Waals surface area contributed by atoms with Crippen LogP contribution in [0.4, 0.5) is 0 Å². The Hall–Kier alpha value is -9.88. The highest BCUT2D eigenvalue weighted by Gasteiger charge is 2.22. The molecule has 0 fully saturated rings. The third-order valence-electron chi connectivity index (χ3n) is 16.7. The lowest BCUT2D eigenvalue weighted by Crippen LogP contribution is -2.16. The molecule has 2 heterocycles. The lowest BCUT2D eigenvalue weighted by Gasteiger charge is -2.20. The summed E-state index contributed by atoms with van der Waals surface area (Å²) in [6.45, 7) is 12.8. The first-order chi connectivity index (χ1) is 48.0. The number of hydrogen-bond acceptors (Lipinski definition) is 20. The van der Waals surface area contributed by atoms with Crippen molar-refractivity contribution < 1.29 is 89.7 Å². The molecule has 0 amide bonds. The predicted octanol–water partition coefficient (Wildman–Crippen LogP) is 16.6. The van der Waals surface area contributed by atoms with Crippen LogP contribution >= 0.6 is 0 Å². The molecule has 10 rings (SSSR count). The van der Waals surface area contributed by atoms with E-state index in [0.717, 1.165) is 165 Å². The number of carbonyl (C=O) groups excluding carboxylic acids is 2. The lowest BCUT2D eigenvalue weighted by molar-refractivity contribution is -0.874. The topological polar surface area (TPSA) is 237 Å². The van der Waals surface area contributed by atoms with E-state index in [2.05, 4.69) is 205 Å². The molecule has 0 spiro atoms. The third kappa shape index (κ3) is 18.0. The smallest absolute Gasteiger partial charge is 0.421 e. The SMILES string of the molecule is CCCCCCCCOc1ccc(-c2c3ccc(C)cc3c(-c3ccc(OC(=O)C#CC#CC#CC(=O)OOOOOOOOOOOOOO)cc3)c3ccc(-c4ccc5c(c4)c(=O)c4cc6c(cc4n5CCCCCC)c(=O)c4cc(C)ccc4n6CCCCCC)cc23)cc1. The molecular weight excluding hydrogens is 1260 g/mol. The van der Waals surface area contributed by atoms with Crippen molar-refractivity contribution in [1.29, 1.82) is 0 Å². The summed E-state index contributed by atoms with van der Waals surface area (Å²) in [4.78, 5) is 58.9. The van der Waals surface area contributed by atoms with Gasteiger partial charge in [0, 0.05) is 76.7 Å². The van der Waals surface area contributed by atoms with E-state index in [1.807, 2.05) is 61.4 Å². The standard InChI is InChI=1S/C76H72N2O20/c1-6-9-12-15-18-23-44-84-57-34-28-53(29-35-57)74-59-38-26-51(4)45-61(59)73(54-30-36-58(37-31-54)85-71(79)24-19-16-17-20-25-72(80)86-88-90-92-94-96-98-97-95-93-91-89-87-83)60-39-32-55(47-62(60)74)56-33-41-68-64(48-56)76(82)66-50-69-65(49-70(66)78(68)43-22-14-11-8-3)75(81)63-46-52(5)27-40-67(63)77(69)42-21-13-10-7-2/h26-41,45-50,83H,6-15,18,21-23,42-44H2,1-5H3. The summed E-state index contributed by atoms with van der Waals surface area (Å²) in [6, 6.07) is 44.8. The summed E-state index contributed by atoms with van der Waals surface area (Å²) in [5.41, 5.74) is 10.8. The molecule has 0 aliphatic carbocycles. The Morgan fingerprint density at radius 1 is 0.378 bits per heavy atom. The van der Waals surface area contributed by atoms with Crippen LogP contribution in [-0.4, -0.2) is 32.9 Å². The Bertz CT molecular complexity index is 4800. The molecule has 0 radical (unpaired) electrons. The maximum atomic E-state index is 15.5. The number of benzene rings is 8. The van der Waals surface area contributed by atoms with Crippen LogP contribution in [0.15, 0.2) is 143 Å². The van der Waals surface area contributed by atoms with Crippen molar-refractivity contribution in [1.82, 2.24) is 9.13 Å². The fourth-order valence-electron chi connectivity index (χ4n) is 12.2. The number of ether oxygens (including phenoxy) is 2. The van der Waals surface area contributed by atoms with E-state index in [4.69, 9.17) is 14.7 Å². The summed E-state index contributed by atoms with van der Waals surface area (Å²) >= 11 is 0. The zero-order valence-electron chi connectivity index (χ0n) is 54.8. The van der Waals surface area contributed by atoms with Crippen molar-refractivity contribution in [3.05, 3.63) is 165 Å². The quantitative estimate of drug-likeness (QED) is 0.00576. The summed E-state index contributed by atoms with van der Waals surface area (Å²) < 4.78 is 16.4. The molecule has 10 aromatic rings. The minimum atomic E-state index is -1.30. The first-order valence-corrected chi connectivity index (χ1v) is 32.5. The van der Waals surface area contributed by atoms with Gasteiger partial charge in [-0.3, -0.25) is 14.5 Å². The molecule has 506 valence electrons. The highest BCUT2D eigenvalue weighted by atomic mass is 18.0. The maximum Gasteiger partial charge on any atom is 0.421 e. The number of pyridine rings is 2. The fourth-order valence-corrected chi connectivity index (χ4v) is 12.2. The highest BCUT2D eigenvalue weighted by Crippen LogP contribution is 2.46. The minimum absolute atomic E-state index is 0.0259. The van der Waals surface area contributed by atoms with Gasteiger partial charge in [-0.2, -0.15) is 0 Å². The molecule has 0 saturated carbocycles. The second kappa shape index (κ2) is 35.9. The summed E-state index contributed by atoms with van der Waals surface area (Å²) in [7, 11) is 0. The molecule has 0 aliphatic heterocycles. The molecule has 0 bridgehead atoms. The van der Waals surface area contributed by atoms with E-state index in [1.165, 1.54) is 25.7 Å². The summed E-state index contributed by atoms with van der Waals surface area (Å²) in [5.74, 6) is 12.0. The fraction of sp³-hybridized carbons (Fsp3) is 0.289. The van der Waals surface area contributed by atoms with Gasteiger partial charge in [0.15, 0.2) is 10.9 Å². The highest BCUT2D eigenvalue weighted by molar-refractivity contribution is 6.22. The third-order valence-corrected chi connectivity index (χ3v) is 16.7. The van der Waals surface area contributed by atoms with E-state index >= 15 is 4.79 Å². The van der Waals surface area contributed by atoms with Crippen LogP contribution in [0, 0.1) is 49.4 Å². The second-order valence-corrected chi connectivity index (χ2v) is 23.3. The van der Waals surface area contributed by atoms with E-state index in [9.17, 15) is 14.4 Å². The molecular formula is C76H72N2O20. The number of aryl methyl sites for hydroxylation is 4. The molecule has 1 N–H and O–H groups in total. The van der Waals surface area contributed by atoms with Crippen LogP contribution in [-0.2, 0) is 88.0 Å². The number of hydrogen-bond donors (Lipinski definition) is 1. The average molecular weight is 1330 g/mol. The normalized spacial score (nSPS) is 11.2. The van der Waals surface area contributed by atoms with E-state index in [-0.39, 0.29) is 16.6 Å². The Morgan fingerprint density at radius 2 is 0.786 bits per heavy atom. The molecule has 98 heavy (non-hydrogen) atoms. The van der Waals surface area contributed by atoms with Gasteiger partial charge in [0.25, 0.3) is 0 Å². The van der Waals surface area contributed by atoms with Gasteiger partial charge >= 0.3 is 11.9 Å². The molecule has 8 aromatic carbocycles. The first-order valence-electron chi connectivity index (χ1n) is 32.5. The zero-order chi connectivity index (χ0) is 68.6. The average Bonchev–Trinajstić information content (AvgIpc) is 0.731. The Kier molecular flexibility index (Phi) is 26.0. The van der Waals surface area contributed by atoms with Gasteiger partial charge in [-0.25, -0.2) is 14.8 Å². The molecule has 0 saturated heterocycles. The maximum absolute atomic E-state index is 15.5. The van der Waals surface area contributed by atoms with Gasteiger partial charge in [0.1, 0.15) is 11.5 Å². The predicted molar refractivity (Wildman–Crippen MR) is 364 cm³/mol. The first kappa shape index (κ1) is 70.9. The molecule has 0 aliphatic rings. The van der Waals surface area contributed by atoms with Crippen molar-refractivity contribution in [3.63, 3.8) is 0 Å². The van der Waals surface area contributed by atoms with Crippen LogP contribution < -0.4 is 20.3 Å². The second-order valence-electron chi connectivity index (χ2n) is 23.3. The van der Waals surface area contributed by atoms with E-state index < -0.39 is 11.9 Å². The van der Waals surface area contributed by atoms with Gasteiger partial charge in [-0.05, 0) is 209 Å². The monoisotopic (exact) mass is 1330 g/mol. The van der Waals surface area contributed by atoms with Crippen molar-refractivity contribution >= 4 is 77.1 Å². The van der Waals surface area contributed by atoms with Crippen LogP contribution in [0.2, 0.25) is 0 Å². The van der Waals surface area contributed by atoms with Crippen LogP contribution in [0.25, 0.3) is 98.5 Å². The van der Waals surface area contributed by atoms with Gasteiger partial charge in [0.05, 0.1) is 28.7 Å². The number of esters is 1. The molecule has 0 unspecified atom stereocenters. The van der Waals surface area contributed by atoms with Crippen LogP contribution in [0.1, 0.15) is 122 Å². The van der Waals surface area contributed by atoms with E-state index in [1.54, 1.807) is 12.1 Å². The van der Waals surface area contributed by atoms with Gasteiger partial charge in [-0.1, -0.05) is 169 Å². The molecule has 2 aromatic heterocycles. The number of nitrogens with zero attached hydrogens (tertiary/aromatic N) is 2. The number of unbranched alkanes of at least 4 members (excludes halogenated alkanes) is 11. The van der Waals surface area contributed by atoms with Crippen molar-refractivity contribution in [2.45, 2.75) is 138 Å². The largest absolute Gasteiger partial charge is 0.494 e. The van der Waals surface area contributed by atoms with Crippen molar-refractivity contribution in [2.24, 2.45) is 0 Å². The van der Waals surface area contributed by atoms with Crippen molar-refractivity contribution in [3.8, 4) is 80.4 Å². The van der Waals surface area contributed by atoms with Crippen molar-refractivity contribution in [2.75, 3.05) is 6.61 Å². The molecule has 0 atom stereocenters. The number of rotatable bonds is 34. The van der Waals surface area contributed by atoms with Gasteiger partial charge < -0.3 is 18.6 Å². The number of fused-ring (bicyclic) bond motifs is 6. The Labute approximate surface area is 563 Å². The van der Waals surface area contributed by atoms with Crippen LogP contribution in [0.3, 0.4) is 0 Å². The Balaban J connectivity index is 0.979. The van der Waals surface area contributed by atoms with Gasteiger partial charge in [-0.15, -0.1) is 0 Å². The summed E-state index contributed by atoms with van der Waals surface area (Å²) in [5, 5.41) is 57.2.